The van der Waals surface area contributed by atoms with Gasteiger partial charge in [-0.05, 0) is 49.1 Å². The summed E-state index contributed by atoms with van der Waals surface area (Å²) in [5.74, 6) is 1.84. The SMILES string of the molecule is CCNC(=NCc1ccc2c(c1)CCCN2C)NCCc1ccco1. The first-order valence-corrected chi connectivity index (χ1v) is 9.13. The largest absolute Gasteiger partial charge is 0.469 e. The summed E-state index contributed by atoms with van der Waals surface area (Å²) in [5.41, 5.74) is 4.07. The molecule has 0 spiro atoms. The highest BCUT2D eigenvalue weighted by Crippen LogP contribution is 2.26. The van der Waals surface area contributed by atoms with Gasteiger partial charge in [0.05, 0.1) is 12.8 Å². The number of hydrogen-bond donors (Lipinski definition) is 2. The van der Waals surface area contributed by atoms with Crippen LogP contribution >= 0.6 is 0 Å². The quantitative estimate of drug-likeness (QED) is 0.627. The first-order valence-electron chi connectivity index (χ1n) is 9.13. The number of furan rings is 1. The number of guanidine groups is 1. The highest BCUT2D eigenvalue weighted by molar-refractivity contribution is 5.79. The molecule has 2 heterocycles. The van der Waals surface area contributed by atoms with Crippen molar-refractivity contribution in [3.63, 3.8) is 0 Å². The number of nitrogens with zero attached hydrogens (tertiary/aromatic N) is 2. The Hall–Kier alpha value is -2.43. The molecular formula is C20H28N4O. The Morgan fingerprint density at radius 2 is 2.20 bits per heavy atom. The molecule has 0 bridgehead atoms. The first-order chi connectivity index (χ1) is 12.3. The minimum Gasteiger partial charge on any atom is -0.469 e. The molecule has 0 radical (unpaired) electrons. The third-order valence-corrected chi connectivity index (χ3v) is 4.50. The predicted molar refractivity (Wildman–Crippen MR) is 103 cm³/mol. The molecule has 1 aliphatic rings. The van der Waals surface area contributed by atoms with Gasteiger partial charge in [0.15, 0.2) is 5.96 Å². The summed E-state index contributed by atoms with van der Waals surface area (Å²) in [6, 6.07) is 10.6. The molecule has 0 unspecified atom stereocenters. The Bertz CT molecular complexity index is 694. The van der Waals surface area contributed by atoms with Gasteiger partial charge >= 0.3 is 0 Å². The number of aliphatic imine (C=N–C) groups is 1. The molecule has 1 aromatic heterocycles. The molecule has 0 fully saturated rings. The van der Waals surface area contributed by atoms with Crippen LogP contribution in [0.25, 0.3) is 0 Å². The Kier molecular flexibility index (Phi) is 5.99. The predicted octanol–water partition coefficient (Wildman–Crippen LogP) is 2.96. The zero-order chi connectivity index (χ0) is 17.5. The second-order valence-electron chi connectivity index (χ2n) is 6.44. The van der Waals surface area contributed by atoms with Gasteiger partial charge in [-0.15, -0.1) is 0 Å². The van der Waals surface area contributed by atoms with E-state index in [1.54, 1.807) is 6.26 Å². The molecule has 134 valence electrons. The third kappa shape index (κ3) is 4.78. The number of rotatable bonds is 6. The molecule has 3 rings (SSSR count). The van der Waals surface area contributed by atoms with Gasteiger partial charge in [0.25, 0.3) is 0 Å². The summed E-state index contributed by atoms with van der Waals surface area (Å²) < 4.78 is 5.36. The lowest BCUT2D eigenvalue weighted by molar-refractivity contribution is 0.507. The van der Waals surface area contributed by atoms with Crippen LogP contribution < -0.4 is 15.5 Å². The molecule has 25 heavy (non-hydrogen) atoms. The van der Waals surface area contributed by atoms with Crippen molar-refractivity contribution >= 4 is 11.6 Å². The third-order valence-electron chi connectivity index (χ3n) is 4.50. The van der Waals surface area contributed by atoms with Crippen molar-refractivity contribution in [1.29, 1.82) is 0 Å². The average Bonchev–Trinajstić information content (AvgIpc) is 3.13. The van der Waals surface area contributed by atoms with Gasteiger partial charge in [0.1, 0.15) is 5.76 Å². The maximum absolute atomic E-state index is 5.36. The van der Waals surface area contributed by atoms with Gasteiger partial charge < -0.3 is 20.0 Å². The second kappa shape index (κ2) is 8.60. The topological polar surface area (TPSA) is 52.8 Å². The van der Waals surface area contributed by atoms with Gasteiger partial charge in [-0.3, -0.25) is 0 Å². The van der Waals surface area contributed by atoms with Gasteiger partial charge in [0.2, 0.25) is 0 Å². The number of hydrogen-bond acceptors (Lipinski definition) is 3. The smallest absolute Gasteiger partial charge is 0.191 e. The standard InChI is InChI=1S/C20H28N4O/c1-3-21-20(22-11-10-18-7-5-13-25-18)23-15-16-8-9-19-17(14-16)6-4-12-24(19)2/h5,7-9,13-14H,3-4,6,10-12,15H2,1-2H3,(H2,21,22,23). The molecular weight excluding hydrogens is 312 g/mol. The number of nitrogens with one attached hydrogen (secondary N) is 2. The molecule has 5 nitrogen and oxygen atoms in total. The lowest BCUT2D eigenvalue weighted by Gasteiger charge is -2.27. The van der Waals surface area contributed by atoms with E-state index in [0.29, 0.717) is 6.54 Å². The first kappa shape index (κ1) is 17.4. The minimum absolute atomic E-state index is 0.688. The highest BCUT2D eigenvalue weighted by atomic mass is 16.3. The van der Waals surface area contributed by atoms with E-state index in [4.69, 9.17) is 9.41 Å². The number of fused-ring (bicyclic) bond motifs is 1. The minimum atomic E-state index is 0.688. The van der Waals surface area contributed by atoms with Crippen LogP contribution in [-0.2, 0) is 19.4 Å². The van der Waals surface area contributed by atoms with Gasteiger partial charge in [-0.2, -0.15) is 0 Å². The van der Waals surface area contributed by atoms with Crippen LogP contribution in [-0.4, -0.2) is 32.6 Å². The fourth-order valence-corrected chi connectivity index (χ4v) is 3.21. The van der Waals surface area contributed by atoms with Gasteiger partial charge in [-0.25, -0.2) is 4.99 Å². The van der Waals surface area contributed by atoms with Crippen LogP contribution in [0.3, 0.4) is 0 Å². The summed E-state index contributed by atoms with van der Waals surface area (Å²) in [5, 5.41) is 6.67. The molecule has 0 amide bonds. The summed E-state index contributed by atoms with van der Waals surface area (Å²) >= 11 is 0. The molecule has 0 aliphatic carbocycles. The molecule has 0 saturated carbocycles. The zero-order valence-corrected chi connectivity index (χ0v) is 15.2. The molecule has 0 saturated heterocycles. The van der Waals surface area contributed by atoms with E-state index in [0.717, 1.165) is 37.8 Å². The molecule has 5 heteroatoms. The van der Waals surface area contributed by atoms with Crippen LogP contribution in [0.15, 0.2) is 46.0 Å². The van der Waals surface area contributed by atoms with Crippen molar-refractivity contribution in [3.05, 3.63) is 53.5 Å². The number of anilines is 1. The Morgan fingerprint density at radius 1 is 1.28 bits per heavy atom. The van der Waals surface area contributed by atoms with Crippen molar-refractivity contribution in [3.8, 4) is 0 Å². The number of aryl methyl sites for hydroxylation is 1. The summed E-state index contributed by atoms with van der Waals surface area (Å²) in [4.78, 5) is 7.06. The van der Waals surface area contributed by atoms with Gasteiger partial charge in [0, 0.05) is 38.8 Å². The molecule has 0 atom stereocenters. The molecule has 1 aromatic carbocycles. The summed E-state index contributed by atoms with van der Waals surface area (Å²) in [7, 11) is 2.17. The average molecular weight is 340 g/mol. The fourth-order valence-electron chi connectivity index (χ4n) is 3.21. The van der Waals surface area contributed by atoms with Crippen LogP contribution in [0.5, 0.6) is 0 Å². The number of benzene rings is 1. The summed E-state index contributed by atoms with van der Waals surface area (Å²) in [6.07, 6.45) is 4.95. The van der Waals surface area contributed by atoms with Crippen molar-refractivity contribution < 1.29 is 4.42 Å². The lowest BCUT2D eigenvalue weighted by atomic mass is 10.00. The van der Waals surface area contributed by atoms with E-state index >= 15 is 0 Å². The monoisotopic (exact) mass is 340 g/mol. The highest BCUT2D eigenvalue weighted by Gasteiger charge is 2.13. The van der Waals surface area contributed by atoms with Crippen LogP contribution in [0, 0.1) is 0 Å². The van der Waals surface area contributed by atoms with Crippen LogP contribution in [0.4, 0.5) is 5.69 Å². The Labute approximate surface area is 150 Å². The van der Waals surface area contributed by atoms with E-state index in [2.05, 4.69) is 47.7 Å². The van der Waals surface area contributed by atoms with E-state index in [1.807, 2.05) is 12.1 Å². The van der Waals surface area contributed by atoms with E-state index in [-0.39, 0.29) is 0 Å². The fraction of sp³-hybridized carbons (Fsp3) is 0.450. The summed E-state index contributed by atoms with van der Waals surface area (Å²) in [6.45, 7) is 5.57. The maximum Gasteiger partial charge on any atom is 0.191 e. The Balaban J connectivity index is 1.59. The molecule has 2 aromatic rings. The normalized spacial score (nSPS) is 14.3. The van der Waals surface area contributed by atoms with Crippen LogP contribution in [0.1, 0.15) is 30.2 Å². The maximum atomic E-state index is 5.36. The van der Waals surface area contributed by atoms with E-state index in [1.165, 1.54) is 29.7 Å². The lowest BCUT2D eigenvalue weighted by Crippen LogP contribution is -2.38. The van der Waals surface area contributed by atoms with Crippen molar-refractivity contribution in [2.45, 2.75) is 32.7 Å². The molecule has 1 aliphatic heterocycles. The van der Waals surface area contributed by atoms with Crippen molar-refractivity contribution in [2.24, 2.45) is 4.99 Å². The van der Waals surface area contributed by atoms with Crippen molar-refractivity contribution in [1.82, 2.24) is 10.6 Å². The zero-order valence-electron chi connectivity index (χ0n) is 15.2. The van der Waals surface area contributed by atoms with Gasteiger partial charge in [-0.1, -0.05) is 12.1 Å². The van der Waals surface area contributed by atoms with Crippen LogP contribution in [0.2, 0.25) is 0 Å². The molecule has 2 N–H and O–H groups in total. The van der Waals surface area contributed by atoms with E-state index < -0.39 is 0 Å². The van der Waals surface area contributed by atoms with Crippen molar-refractivity contribution in [2.75, 3.05) is 31.6 Å². The Morgan fingerprint density at radius 3 is 3.00 bits per heavy atom. The van der Waals surface area contributed by atoms with E-state index in [9.17, 15) is 0 Å². The second-order valence-corrected chi connectivity index (χ2v) is 6.44.